The van der Waals surface area contributed by atoms with Gasteiger partial charge >= 0.3 is 0 Å². The molecule has 1 aromatic rings. The van der Waals surface area contributed by atoms with Crippen LogP contribution in [0.5, 0.6) is 0 Å². The first-order valence-electron chi connectivity index (χ1n) is 3.72. The zero-order valence-electron chi connectivity index (χ0n) is 6.12. The maximum Gasteiger partial charge on any atom is 0.135 e. The summed E-state index contributed by atoms with van der Waals surface area (Å²) in [7, 11) is 2.01. The predicted octanol–water partition coefficient (Wildman–Crippen LogP) is 1.08. The average molecular weight is 137 g/mol. The van der Waals surface area contributed by atoms with E-state index in [1.807, 2.05) is 11.6 Å². The van der Waals surface area contributed by atoms with Gasteiger partial charge < -0.3 is 4.57 Å². The van der Waals surface area contributed by atoms with Gasteiger partial charge in [0.1, 0.15) is 12.2 Å². The summed E-state index contributed by atoms with van der Waals surface area (Å²) in [5.74, 6) is 1.86. The summed E-state index contributed by atoms with van der Waals surface area (Å²) < 4.78 is 2.02. The Morgan fingerprint density at radius 1 is 1.60 bits per heavy atom. The first kappa shape index (κ1) is 5.89. The summed E-state index contributed by atoms with van der Waals surface area (Å²) in [5.41, 5.74) is 0. The van der Waals surface area contributed by atoms with Gasteiger partial charge in [-0.05, 0) is 12.8 Å². The Balaban J connectivity index is 2.23. The van der Waals surface area contributed by atoms with Crippen LogP contribution < -0.4 is 0 Å². The van der Waals surface area contributed by atoms with Crippen LogP contribution in [-0.2, 0) is 7.05 Å². The highest BCUT2D eigenvalue weighted by Gasteiger charge is 2.23. The fraction of sp³-hybridized carbons (Fsp3) is 0.714. The minimum Gasteiger partial charge on any atom is -0.320 e. The summed E-state index contributed by atoms with van der Waals surface area (Å²) >= 11 is 0. The van der Waals surface area contributed by atoms with Crippen LogP contribution in [0.4, 0.5) is 0 Å². The van der Waals surface area contributed by atoms with E-state index >= 15 is 0 Å². The molecule has 0 saturated heterocycles. The van der Waals surface area contributed by atoms with E-state index < -0.39 is 0 Å². The average Bonchev–Trinajstić information content (AvgIpc) is 2.12. The monoisotopic (exact) mass is 137 g/mol. The zero-order chi connectivity index (χ0) is 6.97. The molecule has 3 nitrogen and oxygen atoms in total. The van der Waals surface area contributed by atoms with Gasteiger partial charge in [0, 0.05) is 13.0 Å². The molecule has 1 aliphatic carbocycles. The van der Waals surface area contributed by atoms with Crippen molar-refractivity contribution in [1.82, 2.24) is 14.8 Å². The summed E-state index contributed by atoms with van der Waals surface area (Å²) in [6, 6.07) is 0. The van der Waals surface area contributed by atoms with Gasteiger partial charge in [-0.1, -0.05) is 6.42 Å². The highest BCUT2D eigenvalue weighted by Crippen LogP contribution is 2.34. The quantitative estimate of drug-likeness (QED) is 0.580. The standard InChI is InChI=1S/C7H11N3/c1-10-5-8-9-7(10)6-3-2-4-6/h5-6H,2-4H2,1H3. The largest absolute Gasteiger partial charge is 0.320 e. The van der Waals surface area contributed by atoms with E-state index in [1.54, 1.807) is 6.33 Å². The summed E-state index contributed by atoms with van der Waals surface area (Å²) in [6.45, 7) is 0. The lowest BCUT2D eigenvalue weighted by molar-refractivity contribution is 0.392. The molecule has 0 bridgehead atoms. The third kappa shape index (κ3) is 0.735. The highest BCUT2D eigenvalue weighted by molar-refractivity contribution is 4.99. The Bertz CT molecular complexity index is 225. The van der Waals surface area contributed by atoms with Crippen molar-refractivity contribution in [2.45, 2.75) is 25.2 Å². The molecule has 1 aromatic heterocycles. The van der Waals surface area contributed by atoms with Crippen LogP contribution in [0.2, 0.25) is 0 Å². The highest BCUT2D eigenvalue weighted by atomic mass is 15.2. The van der Waals surface area contributed by atoms with Crippen molar-refractivity contribution in [3.8, 4) is 0 Å². The first-order valence-corrected chi connectivity index (χ1v) is 3.72. The second-order valence-corrected chi connectivity index (χ2v) is 2.93. The second-order valence-electron chi connectivity index (χ2n) is 2.93. The number of rotatable bonds is 1. The molecule has 0 amide bonds. The number of nitrogens with zero attached hydrogens (tertiary/aromatic N) is 3. The molecule has 0 aliphatic heterocycles. The normalized spacial score (nSPS) is 18.9. The number of hydrogen-bond acceptors (Lipinski definition) is 2. The minimum atomic E-state index is 0.701. The van der Waals surface area contributed by atoms with E-state index in [4.69, 9.17) is 0 Å². The molecule has 0 atom stereocenters. The fourth-order valence-electron chi connectivity index (χ4n) is 1.33. The van der Waals surface area contributed by atoms with Crippen LogP contribution in [0.15, 0.2) is 6.33 Å². The molecule has 1 aliphatic rings. The Morgan fingerprint density at radius 3 is 2.80 bits per heavy atom. The van der Waals surface area contributed by atoms with Gasteiger partial charge in [-0.3, -0.25) is 0 Å². The van der Waals surface area contributed by atoms with Crippen molar-refractivity contribution in [2.24, 2.45) is 7.05 Å². The van der Waals surface area contributed by atoms with Gasteiger partial charge in [0.25, 0.3) is 0 Å². The molecule has 0 radical (unpaired) electrons. The van der Waals surface area contributed by atoms with E-state index in [1.165, 1.54) is 19.3 Å². The van der Waals surface area contributed by atoms with Crippen LogP contribution in [0.25, 0.3) is 0 Å². The second kappa shape index (κ2) is 2.08. The third-order valence-corrected chi connectivity index (χ3v) is 2.22. The molecule has 3 heteroatoms. The van der Waals surface area contributed by atoms with Crippen molar-refractivity contribution in [3.63, 3.8) is 0 Å². The molecule has 1 heterocycles. The van der Waals surface area contributed by atoms with Crippen molar-refractivity contribution in [3.05, 3.63) is 12.2 Å². The van der Waals surface area contributed by atoms with Crippen LogP contribution in [0.1, 0.15) is 31.0 Å². The van der Waals surface area contributed by atoms with Crippen LogP contribution in [-0.4, -0.2) is 14.8 Å². The molecular weight excluding hydrogens is 126 g/mol. The predicted molar refractivity (Wildman–Crippen MR) is 37.6 cm³/mol. The number of aromatic nitrogens is 3. The first-order chi connectivity index (χ1) is 4.88. The smallest absolute Gasteiger partial charge is 0.135 e. The molecule has 2 rings (SSSR count). The maximum atomic E-state index is 4.05. The molecule has 10 heavy (non-hydrogen) atoms. The van der Waals surface area contributed by atoms with Crippen molar-refractivity contribution in [2.75, 3.05) is 0 Å². The van der Waals surface area contributed by atoms with E-state index in [9.17, 15) is 0 Å². The van der Waals surface area contributed by atoms with Crippen molar-refractivity contribution in [1.29, 1.82) is 0 Å². The van der Waals surface area contributed by atoms with E-state index in [2.05, 4.69) is 10.2 Å². The fourth-order valence-corrected chi connectivity index (χ4v) is 1.33. The molecule has 54 valence electrons. The molecule has 0 N–H and O–H groups in total. The van der Waals surface area contributed by atoms with E-state index in [0.717, 1.165) is 5.82 Å². The van der Waals surface area contributed by atoms with Gasteiger partial charge in [0.2, 0.25) is 0 Å². The molecule has 0 unspecified atom stereocenters. The minimum absolute atomic E-state index is 0.701. The Kier molecular flexibility index (Phi) is 1.22. The Labute approximate surface area is 60.1 Å². The van der Waals surface area contributed by atoms with Gasteiger partial charge in [-0.25, -0.2) is 0 Å². The molecule has 0 spiro atoms. The molecule has 0 aromatic carbocycles. The van der Waals surface area contributed by atoms with Gasteiger partial charge in [0.15, 0.2) is 0 Å². The van der Waals surface area contributed by atoms with Crippen LogP contribution >= 0.6 is 0 Å². The lowest BCUT2D eigenvalue weighted by atomic mass is 9.85. The van der Waals surface area contributed by atoms with Crippen molar-refractivity contribution < 1.29 is 0 Å². The number of hydrogen-bond donors (Lipinski definition) is 0. The Hall–Kier alpha value is -0.860. The Morgan fingerprint density at radius 2 is 2.40 bits per heavy atom. The van der Waals surface area contributed by atoms with Crippen LogP contribution in [0, 0.1) is 0 Å². The van der Waals surface area contributed by atoms with Gasteiger partial charge in [-0.2, -0.15) is 0 Å². The van der Waals surface area contributed by atoms with Gasteiger partial charge in [0.05, 0.1) is 0 Å². The molecule has 1 fully saturated rings. The SMILES string of the molecule is Cn1cnnc1C1CCC1. The maximum absolute atomic E-state index is 4.05. The van der Waals surface area contributed by atoms with E-state index in [0.29, 0.717) is 5.92 Å². The lowest BCUT2D eigenvalue weighted by Gasteiger charge is -2.23. The molecular formula is C7H11N3. The van der Waals surface area contributed by atoms with Gasteiger partial charge in [-0.15, -0.1) is 10.2 Å². The lowest BCUT2D eigenvalue weighted by Crippen LogP contribution is -2.13. The number of aryl methyl sites for hydroxylation is 1. The van der Waals surface area contributed by atoms with E-state index in [-0.39, 0.29) is 0 Å². The van der Waals surface area contributed by atoms with Crippen LogP contribution in [0.3, 0.4) is 0 Å². The topological polar surface area (TPSA) is 30.7 Å². The summed E-state index contributed by atoms with van der Waals surface area (Å²) in [6.07, 6.45) is 5.73. The molecule has 1 saturated carbocycles. The third-order valence-electron chi connectivity index (χ3n) is 2.22. The summed E-state index contributed by atoms with van der Waals surface area (Å²) in [5, 5.41) is 7.89. The van der Waals surface area contributed by atoms with Crippen molar-refractivity contribution >= 4 is 0 Å². The summed E-state index contributed by atoms with van der Waals surface area (Å²) in [4.78, 5) is 0. The zero-order valence-corrected chi connectivity index (χ0v) is 6.12.